The van der Waals surface area contributed by atoms with E-state index in [-0.39, 0.29) is 5.91 Å². The van der Waals surface area contributed by atoms with Crippen molar-refractivity contribution in [2.75, 3.05) is 12.4 Å². The fourth-order valence-electron chi connectivity index (χ4n) is 2.48. The van der Waals surface area contributed by atoms with Crippen molar-refractivity contribution in [1.29, 1.82) is 0 Å². The summed E-state index contributed by atoms with van der Waals surface area (Å²) in [6.07, 6.45) is 0. The summed E-state index contributed by atoms with van der Waals surface area (Å²) >= 11 is 6.18. The van der Waals surface area contributed by atoms with Gasteiger partial charge in [0.2, 0.25) is 0 Å². The van der Waals surface area contributed by atoms with Crippen LogP contribution in [0, 0.1) is 6.92 Å². The number of carbonyl (C=O) groups is 1. The van der Waals surface area contributed by atoms with Crippen LogP contribution in [0.1, 0.15) is 15.9 Å². The molecule has 116 valence electrons. The third-order valence-electron chi connectivity index (χ3n) is 3.69. The highest BCUT2D eigenvalue weighted by Gasteiger charge is 2.15. The number of hydrogen-bond acceptors (Lipinski definition) is 2. The zero-order valence-corrected chi connectivity index (χ0v) is 13.6. The highest BCUT2D eigenvalue weighted by molar-refractivity contribution is 6.34. The maximum Gasteiger partial charge on any atom is 0.259 e. The number of hydrogen-bond donors (Lipinski definition) is 1. The Hall–Kier alpha value is -2.52. The van der Waals surface area contributed by atoms with Crippen molar-refractivity contribution >= 4 is 34.0 Å². The molecule has 0 saturated carbocycles. The number of rotatable bonds is 3. The molecular weight excluding hydrogens is 310 g/mol. The van der Waals surface area contributed by atoms with Crippen LogP contribution in [0.3, 0.4) is 0 Å². The second-order valence-electron chi connectivity index (χ2n) is 5.34. The van der Waals surface area contributed by atoms with Crippen LogP contribution in [0.5, 0.6) is 5.75 Å². The molecule has 3 rings (SSSR count). The van der Waals surface area contributed by atoms with Gasteiger partial charge < -0.3 is 10.1 Å². The van der Waals surface area contributed by atoms with E-state index in [9.17, 15) is 4.79 Å². The highest BCUT2D eigenvalue weighted by Crippen LogP contribution is 2.28. The Morgan fingerprint density at radius 1 is 1.04 bits per heavy atom. The molecule has 0 aromatic heterocycles. The molecule has 0 bridgehead atoms. The molecule has 0 atom stereocenters. The van der Waals surface area contributed by atoms with Crippen molar-refractivity contribution in [1.82, 2.24) is 0 Å². The molecule has 3 aromatic carbocycles. The summed E-state index contributed by atoms with van der Waals surface area (Å²) in [4.78, 5) is 12.6. The summed E-state index contributed by atoms with van der Waals surface area (Å²) in [5.74, 6) is 0.280. The Morgan fingerprint density at radius 3 is 2.39 bits per heavy atom. The first-order valence-electron chi connectivity index (χ1n) is 7.23. The van der Waals surface area contributed by atoms with E-state index in [1.54, 1.807) is 13.2 Å². The van der Waals surface area contributed by atoms with E-state index in [2.05, 4.69) is 5.32 Å². The van der Waals surface area contributed by atoms with Crippen LogP contribution in [0.25, 0.3) is 10.8 Å². The van der Waals surface area contributed by atoms with Crippen LogP contribution < -0.4 is 10.1 Å². The molecule has 0 saturated heterocycles. The Bertz CT molecular complexity index is 890. The lowest BCUT2D eigenvalue weighted by Gasteiger charge is -2.12. The van der Waals surface area contributed by atoms with Gasteiger partial charge in [0.05, 0.1) is 23.4 Å². The first-order chi connectivity index (χ1) is 11.1. The van der Waals surface area contributed by atoms with Gasteiger partial charge in [0.15, 0.2) is 0 Å². The average Bonchev–Trinajstić information content (AvgIpc) is 2.56. The third kappa shape index (κ3) is 3.15. The largest absolute Gasteiger partial charge is 0.496 e. The van der Waals surface area contributed by atoms with Crippen LogP contribution in [0.15, 0.2) is 54.6 Å². The monoisotopic (exact) mass is 325 g/mol. The molecule has 0 aliphatic rings. The lowest BCUT2D eigenvalue weighted by Crippen LogP contribution is -2.13. The van der Waals surface area contributed by atoms with E-state index in [0.29, 0.717) is 22.0 Å². The van der Waals surface area contributed by atoms with Gasteiger partial charge >= 0.3 is 0 Å². The molecule has 3 aromatic rings. The quantitative estimate of drug-likeness (QED) is 0.730. The summed E-state index contributed by atoms with van der Waals surface area (Å²) in [5.41, 5.74) is 2.09. The van der Waals surface area contributed by atoms with E-state index < -0.39 is 0 Å². The van der Waals surface area contributed by atoms with E-state index in [1.807, 2.05) is 55.5 Å². The number of halogens is 1. The molecule has 0 spiro atoms. The second-order valence-corrected chi connectivity index (χ2v) is 5.74. The number of fused-ring (bicyclic) bond motifs is 1. The van der Waals surface area contributed by atoms with Gasteiger partial charge in [-0.1, -0.05) is 41.9 Å². The predicted molar refractivity (Wildman–Crippen MR) is 94.6 cm³/mol. The molecule has 1 amide bonds. The number of amides is 1. The minimum absolute atomic E-state index is 0.252. The fraction of sp³-hybridized carbons (Fsp3) is 0.105. The molecule has 23 heavy (non-hydrogen) atoms. The van der Waals surface area contributed by atoms with Gasteiger partial charge in [-0.15, -0.1) is 0 Å². The maximum absolute atomic E-state index is 12.6. The number of carbonyl (C=O) groups excluding carboxylic acids is 1. The van der Waals surface area contributed by atoms with Gasteiger partial charge in [0.1, 0.15) is 5.75 Å². The number of benzene rings is 3. The number of methoxy groups -OCH3 is 1. The van der Waals surface area contributed by atoms with Crippen molar-refractivity contribution in [2.24, 2.45) is 0 Å². The molecule has 3 nitrogen and oxygen atoms in total. The average molecular weight is 326 g/mol. The van der Waals surface area contributed by atoms with Gasteiger partial charge in [-0.3, -0.25) is 4.79 Å². The predicted octanol–water partition coefficient (Wildman–Crippen LogP) is 5.06. The summed E-state index contributed by atoms with van der Waals surface area (Å²) in [5, 5.41) is 5.36. The molecule has 4 heteroatoms. The summed E-state index contributed by atoms with van der Waals surface area (Å²) in [6.45, 7) is 1.95. The maximum atomic E-state index is 12.6. The Labute approximate surface area is 139 Å². The summed E-state index contributed by atoms with van der Waals surface area (Å²) in [6, 6.07) is 17.0. The molecule has 1 N–H and O–H groups in total. The third-order valence-corrected chi connectivity index (χ3v) is 4.00. The Kier molecular flexibility index (Phi) is 4.22. The standard InChI is InChI=1S/C19H16ClNO2/c1-12-7-8-17(16(20)9-12)21-19(22)15-10-13-5-3-4-6-14(13)11-18(15)23-2/h3-11H,1-2H3,(H,21,22). The second kappa shape index (κ2) is 6.31. The van der Waals surface area contributed by atoms with E-state index >= 15 is 0 Å². The van der Waals surface area contributed by atoms with Crippen molar-refractivity contribution in [3.8, 4) is 5.75 Å². The first-order valence-corrected chi connectivity index (χ1v) is 7.60. The number of ether oxygens (including phenoxy) is 1. The number of anilines is 1. The first kappa shape index (κ1) is 15.4. The molecule has 0 unspecified atom stereocenters. The molecule has 0 aliphatic heterocycles. The summed E-state index contributed by atoms with van der Waals surface area (Å²) < 4.78 is 5.37. The molecule has 0 aliphatic carbocycles. The lowest BCUT2D eigenvalue weighted by molar-refractivity contribution is 0.102. The van der Waals surface area contributed by atoms with Crippen molar-refractivity contribution in [3.05, 3.63) is 70.7 Å². The lowest BCUT2D eigenvalue weighted by atomic mass is 10.1. The Balaban J connectivity index is 1.99. The normalized spacial score (nSPS) is 10.6. The SMILES string of the molecule is COc1cc2ccccc2cc1C(=O)Nc1ccc(C)cc1Cl. The van der Waals surface area contributed by atoms with Gasteiger partial charge in [-0.05, 0) is 47.5 Å². The topological polar surface area (TPSA) is 38.3 Å². The van der Waals surface area contributed by atoms with Crippen LogP contribution in [-0.2, 0) is 0 Å². The van der Waals surface area contributed by atoms with Crippen LogP contribution in [-0.4, -0.2) is 13.0 Å². The zero-order valence-electron chi connectivity index (χ0n) is 12.9. The minimum atomic E-state index is -0.252. The zero-order chi connectivity index (χ0) is 16.4. The van der Waals surface area contributed by atoms with Crippen molar-refractivity contribution in [3.63, 3.8) is 0 Å². The fourth-order valence-corrected chi connectivity index (χ4v) is 2.76. The molecule has 0 fully saturated rings. The van der Waals surface area contributed by atoms with Gasteiger partial charge in [-0.2, -0.15) is 0 Å². The van der Waals surface area contributed by atoms with E-state index in [1.165, 1.54) is 0 Å². The number of nitrogens with one attached hydrogen (secondary N) is 1. The number of aryl methyl sites for hydroxylation is 1. The van der Waals surface area contributed by atoms with E-state index in [4.69, 9.17) is 16.3 Å². The highest BCUT2D eigenvalue weighted by atomic mass is 35.5. The molecular formula is C19H16ClNO2. The molecule has 0 heterocycles. The van der Waals surface area contributed by atoms with Gasteiger partial charge in [0, 0.05) is 0 Å². The van der Waals surface area contributed by atoms with Gasteiger partial charge in [0.25, 0.3) is 5.91 Å². The van der Waals surface area contributed by atoms with Crippen molar-refractivity contribution < 1.29 is 9.53 Å². The minimum Gasteiger partial charge on any atom is -0.496 e. The van der Waals surface area contributed by atoms with Crippen molar-refractivity contribution in [2.45, 2.75) is 6.92 Å². The van der Waals surface area contributed by atoms with E-state index in [0.717, 1.165) is 16.3 Å². The van der Waals surface area contributed by atoms with Crippen LogP contribution >= 0.6 is 11.6 Å². The van der Waals surface area contributed by atoms with Gasteiger partial charge in [-0.25, -0.2) is 0 Å². The van der Waals surface area contributed by atoms with Crippen LogP contribution in [0.2, 0.25) is 5.02 Å². The van der Waals surface area contributed by atoms with Crippen LogP contribution in [0.4, 0.5) is 5.69 Å². The molecule has 0 radical (unpaired) electrons. The smallest absolute Gasteiger partial charge is 0.259 e. The Morgan fingerprint density at radius 2 is 1.74 bits per heavy atom. The summed E-state index contributed by atoms with van der Waals surface area (Å²) in [7, 11) is 1.56.